The number of benzene rings is 2. The van der Waals surface area contributed by atoms with Gasteiger partial charge in [-0.1, -0.05) is 36.8 Å². The molecule has 0 heterocycles. The lowest BCUT2D eigenvalue weighted by atomic mass is 9.84. The molecule has 4 rings (SSSR count). The normalized spacial score (nSPS) is 28.3. The Labute approximate surface area is 138 Å². The topological polar surface area (TPSA) is 46.2 Å². The minimum atomic E-state index is -3.46. The van der Waals surface area contributed by atoms with E-state index in [2.05, 4.69) is 4.72 Å². The maximum absolute atomic E-state index is 12.7. The summed E-state index contributed by atoms with van der Waals surface area (Å²) in [6.45, 7) is 2.03. The maximum Gasteiger partial charge on any atom is 0.240 e. The van der Waals surface area contributed by atoms with Gasteiger partial charge in [-0.25, -0.2) is 13.1 Å². The lowest BCUT2D eigenvalue weighted by Gasteiger charge is -2.28. The molecule has 2 aliphatic rings. The molecule has 2 bridgehead atoms. The minimum Gasteiger partial charge on any atom is -0.208 e. The van der Waals surface area contributed by atoms with Crippen LogP contribution in [0.2, 0.25) is 0 Å². The molecule has 4 atom stereocenters. The van der Waals surface area contributed by atoms with Crippen LogP contribution in [0.15, 0.2) is 47.4 Å². The average Bonchev–Trinajstić information content (AvgIpc) is 3.17. The van der Waals surface area contributed by atoms with Crippen LogP contribution in [0.25, 0.3) is 10.8 Å². The highest BCUT2D eigenvalue weighted by atomic mass is 32.2. The Balaban J connectivity index is 1.56. The van der Waals surface area contributed by atoms with E-state index in [-0.39, 0.29) is 6.04 Å². The Morgan fingerprint density at radius 3 is 2.52 bits per heavy atom. The third kappa shape index (κ3) is 2.79. The quantitative estimate of drug-likeness (QED) is 0.923. The van der Waals surface area contributed by atoms with Crippen molar-refractivity contribution in [2.24, 2.45) is 17.8 Å². The number of nitrogens with one attached hydrogen (secondary N) is 1. The predicted octanol–water partition coefficient (Wildman–Crippen LogP) is 3.94. The van der Waals surface area contributed by atoms with Crippen LogP contribution >= 0.6 is 0 Å². The first-order chi connectivity index (χ1) is 11.0. The summed E-state index contributed by atoms with van der Waals surface area (Å²) in [5.74, 6) is 2.05. The Bertz CT molecular complexity index is 830. The van der Waals surface area contributed by atoms with E-state index in [9.17, 15) is 8.42 Å². The minimum absolute atomic E-state index is 0.0155. The van der Waals surface area contributed by atoms with Gasteiger partial charge >= 0.3 is 0 Å². The summed E-state index contributed by atoms with van der Waals surface area (Å²) in [7, 11) is -3.46. The lowest BCUT2D eigenvalue weighted by molar-refractivity contribution is 0.280. The fourth-order valence-corrected chi connectivity index (χ4v) is 5.97. The summed E-state index contributed by atoms with van der Waals surface area (Å²) in [6.07, 6.45) is 5.10. The number of sulfonamides is 1. The smallest absolute Gasteiger partial charge is 0.208 e. The van der Waals surface area contributed by atoms with Gasteiger partial charge in [0.15, 0.2) is 0 Å². The second kappa shape index (κ2) is 5.60. The third-order valence-electron chi connectivity index (χ3n) is 5.81. The van der Waals surface area contributed by atoms with Crippen LogP contribution in [0.1, 0.15) is 32.6 Å². The summed E-state index contributed by atoms with van der Waals surface area (Å²) in [5, 5.41) is 2.02. The molecule has 1 N–H and O–H groups in total. The maximum atomic E-state index is 12.7. The first kappa shape index (κ1) is 15.2. The van der Waals surface area contributed by atoms with Crippen LogP contribution in [0.5, 0.6) is 0 Å². The van der Waals surface area contributed by atoms with Gasteiger partial charge < -0.3 is 0 Å². The van der Waals surface area contributed by atoms with E-state index in [0.717, 1.165) is 16.7 Å². The molecular weight excluding hydrogens is 306 g/mol. The van der Waals surface area contributed by atoms with E-state index < -0.39 is 10.0 Å². The van der Waals surface area contributed by atoms with E-state index in [0.29, 0.717) is 16.7 Å². The van der Waals surface area contributed by atoms with Gasteiger partial charge in [0.05, 0.1) is 4.90 Å². The summed E-state index contributed by atoms with van der Waals surface area (Å²) in [4.78, 5) is 0.367. The largest absolute Gasteiger partial charge is 0.240 e. The predicted molar refractivity (Wildman–Crippen MR) is 92.7 cm³/mol. The standard InChI is InChI=1S/C19H23NO2S/c1-13(19-11-14-6-7-17(19)10-14)20-23(21,22)18-9-8-15-4-2-3-5-16(15)12-18/h2-5,8-9,12-14,17,19-20H,6-7,10-11H2,1H3/t13-,14-,17-,19-/m0/s1. The van der Waals surface area contributed by atoms with E-state index in [1.165, 1.54) is 25.7 Å². The monoisotopic (exact) mass is 329 g/mol. The molecule has 2 aliphatic carbocycles. The number of fused-ring (bicyclic) bond motifs is 3. The highest BCUT2D eigenvalue weighted by molar-refractivity contribution is 7.89. The zero-order chi connectivity index (χ0) is 16.0. The fraction of sp³-hybridized carbons (Fsp3) is 0.474. The van der Waals surface area contributed by atoms with Crippen molar-refractivity contribution in [1.82, 2.24) is 4.72 Å². The van der Waals surface area contributed by atoms with Crippen molar-refractivity contribution in [3.05, 3.63) is 42.5 Å². The van der Waals surface area contributed by atoms with Crippen LogP contribution in [0.4, 0.5) is 0 Å². The van der Waals surface area contributed by atoms with Crippen LogP contribution in [-0.2, 0) is 10.0 Å². The highest BCUT2D eigenvalue weighted by Crippen LogP contribution is 2.49. The Kier molecular flexibility index (Phi) is 3.69. The summed E-state index contributed by atoms with van der Waals surface area (Å²) < 4.78 is 28.4. The Hall–Kier alpha value is -1.39. The Morgan fingerprint density at radius 2 is 1.83 bits per heavy atom. The van der Waals surface area contributed by atoms with Crippen molar-refractivity contribution in [2.75, 3.05) is 0 Å². The number of rotatable bonds is 4. The van der Waals surface area contributed by atoms with Crippen molar-refractivity contribution >= 4 is 20.8 Å². The summed E-state index contributed by atoms with van der Waals surface area (Å²) in [6, 6.07) is 13.2. The highest BCUT2D eigenvalue weighted by Gasteiger charge is 2.42. The molecule has 0 aromatic heterocycles. The van der Waals surface area contributed by atoms with Crippen LogP contribution in [0.3, 0.4) is 0 Å². The van der Waals surface area contributed by atoms with Crippen molar-refractivity contribution < 1.29 is 8.42 Å². The van der Waals surface area contributed by atoms with Crippen molar-refractivity contribution in [2.45, 2.75) is 43.5 Å². The molecule has 0 aliphatic heterocycles. The van der Waals surface area contributed by atoms with Gasteiger partial charge in [0, 0.05) is 6.04 Å². The Morgan fingerprint density at radius 1 is 1.04 bits per heavy atom. The summed E-state index contributed by atoms with van der Waals surface area (Å²) in [5.41, 5.74) is 0. The van der Waals surface area contributed by atoms with Crippen LogP contribution < -0.4 is 4.72 Å². The molecular formula is C19H23NO2S. The molecule has 0 unspecified atom stereocenters. The SMILES string of the molecule is C[C@H](NS(=O)(=O)c1ccc2ccccc2c1)[C@@H]1C[C@H]2CC[C@H]1C2. The molecule has 0 spiro atoms. The molecule has 3 nitrogen and oxygen atoms in total. The lowest BCUT2D eigenvalue weighted by Crippen LogP contribution is -2.40. The van der Waals surface area contributed by atoms with Gasteiger partial charge in [-0.2, -0.15) is 0 Å². The third-order valence-corrected chi connectivity index (χ3v) is 7.36. The summed E-state index contributed by atoms with van der Waals surface area (Å²) >= 11 is 0. The van der Waals surface area contributed by atoms with E-state index in [1.54, 1.807) is 12.1 Å². The average molecular weight is 329 g/mol. The van der Waals surface area contributed by atoms with Crippen molar-refractivity contribution in [3.63, 3.8) is 0 Å². The van der Waals surface area contributed by atoms with E-state index >= 15 is 0 Å². The number of hydrogen-bond acceptors (Lipinski definition) is 2. The van der Waals surface area contributed by atoms with Crippen LogP contribution in [0, 0.1) is 17.8 Å². The zero-order valence-electron chi connectivity index (χ0n) is 13.4. The molecule has 2 aromatic rings. The fourth-order valence-electron chi connectivity index (χ4n) is 4.64. The van der Waals surface area contributed by atoms with Gasteiger partial charge in [0.1, 0.15) is 0 Å². The zero-order valence-corrected chi connectivity index (χ0v) is 14.2. The second-order valence-corrected chi connectivity index (χ2v) is 8.97. The first-order valence-corrected chi connectivity index (χ1v) is 10.0. The van der Waals surface area contributed by atoms with Crippen LogP contribution in [-0.4, -0.2) is 14.5 Å². The molecule has 23 heavy (non-hydrogen) atoms. The van der Waals surface area contributed by atoms with Crippen molar-refractivity contribution in [3.8, 4) is 0 Å². The molecule has 0 saturated heterocycles. The molecule has 122 valence electrons. The van der Waals surface area contributed by atoms with E-state index in [1.807, 2.05) is 37.3 Å². The van der Waals surface area contributed by atoms with Crippen molar-refractivity contribution in [1.29, 1.82) is 0 Å². The van der Waals surface area contributed by atoms with Gasteiger partial charge in [0.25, 0.3) is 0 Å². The molecule has 2 fully saturated rings. The molecule has 2 aromatic carbocycles. The first-order valence-electron chi connectivity index (χ1n) is 8.54. The molecule has 0 radical (unpaired) electrons. The molecule has 2 saturated carbocycles. The van der Waals surface area contributed by atoms with Gasteiger partial charge in [-0.3, -0.25) is 0 Å². The van der Waals surface area contributed by atoms with Gasteiger partial charge in [-0.05, 0) is 66.8 Å². The van der Waals surface area contributed by atoms with Gasteiger partial charge in [0.2, 0.25) is 10.0 Å². The molecule has 4 heteroatoms. The number of hydrogen-bond donors (Lipinski definition) is 1. The van der Waals surface area contributed by atoms with Gasteiger partial charge in [-0.15, -0.1) is 0 Å². The molecule has 0 amide bonds. The van der Waals surface area contributed by atoms with E-state index in [4.69, 9.17) is 0 Å². The second-order valence-electron chi connectivity index (χ2n) is 7.26.